The summed E-state index contributed by atoms with van der Waals surface area (Å²) in [4.78, 5) is 11.0. The van der Waals surface area contributed by atoms with Crippen molar-refractivity contribution in [3.63, 3.8) is 0 Å². The minimum Gasteiger partial charge on any atom is -0.356 e. The quantitative estimate of drug-likeness (QED) is 0.513. The first-order valence-electron chi connectivity index (χ1n) is 4.22. The van der Waals surface area contributed by atoms with Gasteiger partial charge in [0, 0.05) is 13.0 Å². The largest absolute Gasteiger partial charge is 0.356 e. The van der Waals surface area contributed by atoms with Crippen LogP contribution in [-0.2, 0) is 4.79 Å². The summed E-state index contributed by atoms with van der Waals surface area (Å²) < 4.78 is 0. The van der Waals surface area contributed by atoms with Crippen molar-refractivity contribution in [2.24, 2.45) is 17.8 Å². The number of allylic oxidation sites excluding steroid dienone is 2. The Bertz CT molecular complexity index is 210. The van der Waals surface area contributed by atoms with E-state index in [1.54, 1.807) is 0 Å². The fourth-order valence-corrected chi connectivity index (χ4v) is 2.07. The van der Waals surface area contributed by atoms with E-state index < -0.39 is 0 Å². The molecule has 1 amide bonds. The van der Waals surface area contributed by atoms with E-state index in [9.17, 15) is 4.79 Å². The lowest BCUT2D eigenvalue weighted by atomic mass is 9.84. The summed E-state index contributed by atoms with van der Waals surface area (Å²) in [6.45, 7) is 3.09. The van der Waals surface area contributed by atoms with Gasteiger partial charge in [0.25, 0.3) is 0 Å². The van der Waals surface area contributed by atoms with E-state index >= 15 is 0 Å². The Labute approximate surface area is 66.7 Å². The normalized spacial score (nSPS) is 41.9. The Kier molecular flexibility index (Phi) is 1.48. The van der Waals surface area contributed by atoms with Gasteiger partial charge in [0.1, 0.15) is 0 Å². The van der Waals surface area contributed by atoms with Crippen molar-refractivity contribution in [3.8, 4) is 0 Å². The Morgan fingerprint density at radius 3 is 3.18 bits per heavy atom. The van der Waals surface area contributed by atoms with Crippen molar-refractivity contribution in [2.45, 2.75) is 13.3 Å². The minimum atomic E-state index is 0.213. The zero-order chi connectivity index (χ0) is 7.84. The smallest absolute Gasteiger partial charge is 0.220 e. The molecule has 0 aromatic heterocycles. The molecule has 1 aliphatic carbocycles. The van der Waals surface area contributed by atoms with Crippen LogP contribution < -0.4 is 5.32 Å². The molecular formula is C9H13NO. The Morgan fingerprint density at radius 1 is 1.55 bits per heavy atom. The molecule has 2 rings (SSSR count). The molecule has 1 heterocycles. The van der Waals surface area contributed by atoms with Gasteiger partial charge in [0.05, 0.1) is 0 Å². The molecule has 0 aromatic rings. The molecule has 0 spiro atoms. The van der Waals surface area contributed by atoms with Gasteiger partial charge in [-0.05, 0) is 17.8 Å². The van der Waals surface area contributed by atoms with Gasteiger partial charge in [-0.2, -0.15) is 0 Å². The van der Waals surface area contributed by atoms with Crippen LogP contribution in [0.1, 0.15) is 13.3 Å². The molecule has 60 valence electrons. The second-order valence-electron chi connectivity index (χ2n) is 3.58. The highest BCUT2D eigenvalue weighted by Gasteiger charge is 2.33. The number of nitrogens with one attached hydrogen (secondary N) is 1. The average Bonchev–Trinajstić information content (AvgIpc) is 2.32. The molecule has 0 unspecified atom stereocenters. The summed E-state index contributed by atoms with van der Waals surface area (Å²) in [5, 5.41) is 2.90. The van der Waals surface area contributed by atoms with Gasteiger partial charge in [0.2, 0.25) is 5.91 Å². The Hall–Kier alpha value is -0.790. The standard InChI is InChI=1S/C9H13NO/c1-6-2-3-7-4-9(11)10-5-8(6)7/h2-3,6-8H,4-5H2,1H3,(H,10,11)/t6-,7+,8+/m0/s1. The monoisotopic (exact) mass is 151 g/mol. The molecule has 11 heavy (non-hydrogen) atoms. The molecule has 2 heteroatoms. The van der Waals surface area contributed by atoms with Crippen LogP contribution >= 0.6 is 0 Å². The average molecular weight is 151 g/mol. The van der Waals surface area contributed by atoms with E-state index in [2.05, 4.69) is 24.4 Å². The number of hydrogen-bond donors (Lipinski definition) is 1. The predicted octanol–water partition coefficient (Wildman–Crippen LogP) is 0.945. The second kappa shape index (κ2) is 2.36. The maximum Gasteiger partial charge on any atom is 0.220 e. The summed E-state index contributed by atoms with van der Waals surface area (Å²) in [7, 11) is 0. The van der Waals surface area contributed by atoms with E-state index in [4.69, 9.17) is 0 Å². The van der Waals surface area contributed by atoms with E-state index in [-0.39, 0.29) is 5.91 Å². The molecule has 0 aromatic carbocycles. The summed E-state index contributed by atoms with van der Waals surface area (Å²) >= 11 is 0. The Morgan fingerprint density at radius 2 is 2.36 bits per heavy atom. The lowest BCUT2D eigenvalue weighted by Gasteiger charge is -2.27. The van der Waals surface area contributed by atoms with Crippen molar-refractivity contribution in [1.82, 2.24) is 5.32 Å². The molecule has 0 saturated carbocycles. The number of hydrogen-bond acceptors (Lipinski definition) is 1. The topological polar surface area (TPSA) is 29.1 Å². The number of carbonyl (C=O) groups excluding carboxylic acids is 1. The van der Waals surface area contributed by atoms with Crippen LogP contribution in [0.15, 0.2) is 12.2 Å². The van der Waals surface area contributed by atoms with Gasteiger partial charge in [-0.1, -0.05) is 19.1 Å². The van der Waals surface area contributed by atoms with Gasteiger partial charge in [0.15, 0.2) is 0 Å². The maximum absolute atomic E-state index is 11.0. The van der Waals surface area contributed by atoms with Crippen molar-refractivity contribution in [3.05, 3.63) is 12.2 Å². The van der Waals surface area contributed by atoms with Crippen molar-refractivity contribution in [1.29, 1.82) is 0 Å². The van der Waals surface area contributed by atoms with Gasteiger partial charge < -0.3 is 5.32 Å². The van der Waals surface area contributed by atoms with Gasteiger partial charge >= 0.3 is 0 Å². The van der Waals surface area contributed by atoms with E-state index in [1.165, 1.54) is 0 Å². The fourth-order valence-electron chi connectivity index (χ4n) is 2.07. The van der Waals surface area contributed by atoms with Gasteiger partial charge in [-0.25, -0.2) is 0 Å². The van der Waals surface area contributed by atoms with Crippen molar-refractivity contribution in [2.75, 3.05) is 6.54 Å². The number of fused-ring (bicyclic) bond motifs is 1. The highest BCUT2D eigenvalue weighted by Crippen LogP contribution is 2.34. The van der Waals surface area contributed by atoms with E-state index in [0.29, 0.717) is 24.2 Å². The summed E-state index contributed by atoms with van der Waals surface area (Å²) in [6.07, 6.45) is 5.13. The zero-order valence-electron chi connectivity index (χ0n) is 6.71. The first-order chi connectivity index (χ1) is 5.27. The van der Waals surface area contributed by atoms with E-state index in [1.807, 2.05) is 0 Å². The molecule has 3 atom stereocenters. The lowest BCUT2D eigenvalue weighted by molar-refractivity contribution is -0.124. The molecule has 0 bridgehead atoms. The van der Waals surface area contributed by atoms with Crippen LogP contribution in [0.5, 0.6) is 0 Å². The van der Waals surface area contributed by atoms with Crippen LogP contribution in [0.3, 0.4) is 0 Å². The van der Waals surface area contributed by atoms with E-state index in [0.717, 1.165) is 6.54 Å². The third-order valence-corrected chi connectivity index (χ3v) is 2.84. The van der Waals surface area contributed by atoms with Crippen molar-refractivity contribution >= 4 is 5.91 Å². The van der Waals surface area contributed by atoms with Gasteiger partial charge in [-0.3, -0.25) is 4.79 Å². The molecule has 1 fully saturated rings. The summed E-state index contributed by atoms with van der Waals surface area (Å²) in [5.41, 5.74) is 0. The number of piperidine rings is 1. The molecule has 2 nitrogen and oxygen atoms in total. The number of rotatable bonds is 0. The predicted molar refractivity (Wildman–Crippen MR) is 42.9 cm³/mol. The highest BCUT2D eigenvalue weighted by atomic mass is 16.1. The van der Waals surface area contributed by atoms with Crippen molar-refractivity contribution < 1.29 is 4.79 Å². The molecule has 1 N–H and O–H groups in total. The third-order valence-electron chi connectivity index (χ3n) is 2.84. The highest BCUT2D eigenvalue weighted by molar-refractivity contribution is 5.77. The third kappa shape index (κ3) is 1.06. The molecule has 1 aliphatic heterocycles. The summed E-state index contributed by atoms with van der Waals surface area (Å²) in [5.74, 6) is 2.07. The van der Waals surface area contributed by atoms with Crippen LogP contribution in [0, 0.1) is 17.8 Å². The molecular weight excluding hydrogens is 138 g/mol. The van der Waals surface area contributed by atoms with Crippen LogP contribution in [0.25, 0.3) is 0 Å². The minimum absolute atomic E-state index is 0.213. The molecule has 0 radical (unpaired) electrons. The molecule has 2 aliphatic rings. The maximum atomic E-state index is 11.0. The first-order valence-corrected chi connectivity index (χ1v) is 4.22. The fraction of sp³-hybridized carbons (Fsp3) is 0.667. The number of amides is 1. The Balaban J connectivity index is 2.11. The number of carbonyl (C=O) groups is 1. The second-order valence-corrected chi connectivity index (χ2v) is 3.58. The van der Waals surface area contributed by atoms with Crippen LogP contribution in [0.2, 0.25) is 0 Å². The lowest BCUT2D eigenvalue weighted by Crippen LogP contribution is -2.40. The van der Waals surface area contributed by atoms with Crippen LogP contribution in [0.4, 0.5) is 0 Å². The van der Waals surface area contributed by atoms with Gasteiger partial charge in [-0.15, -0.1) is 0 Å². The van der Waals surface area contributed by atoms with Crippen LogP contribution in [-0.4, -0.2) is 12.5 Å². The SMILES string of the molecule is C[C@H]1C=C[C@@H]2CC(=O)NC[C@@H]21. The zero-order valence-corrected chi connectivity index (χ0v) is 6.71. The molecule has 1 saturated heterocycles. The first kappa shape index (κ1) is 6.89. The summed E-state index contributed by atoms with van der Waals surface area (Å²) in [6, 6.07) is 0.